The van der Waals surface area contributed by atoms with Crippen LogP contribution in [0.25, 0.3) is 0 Å². The lowest BCUT2D eigenvalue weighted by molar-refractivity contribution is -0.000541. The second-order valence-corrected chi connectivity index (χ2v) is 8.26. The number of hydrogen-bond donors (Lipinski definition) is 0. The van der Waals surface area contributed by atoms with Gasteiger partial charge in [0, 0.05) is 18.1 Å². The van der Waals surface area contributed by atoms with E-state index in [9.17, 15) is 8.42 Å². The largest absolute Gasteiger partial charge is 0.375 e. The van der Waals surface area contributed by atoms with Gasteiger partial charge in [-0.3, -0.25) is 0 Å². The summed E-state index contributed by atoms with van der Waals surface area (Å²) < 4.78 is 32.7. The number of hydrogen-bond acceptors (Lipinski definition) is 3. The van der Waals surface area contributed by atoms with Crippen LogP contribution in [0, 0.1) is 0 Å². The Morgan fingerprint density at radius 2 is 1.79 bits per heavy atom. The number of ether oxygens (including phenoxy) is 1. The van der Waals surface area contributed by atoms with Crippen LogP contribution in [-0.4, -0.2) is 38.5 Å². The summed E-state index contributed by atoms with van der Waals surface area (Å²) in [6.07, 6.45) is 0.584. The van der Waals surface area contributed by atoms with Gasteiger partial charge in [0.05, 0.1) is 18.5 Å². The van der Waals surface area contributed by atoms with E-state index in [0.717, 1.165) is 5.56 Å². The van der Waals surface area contributed by atoms with Gasteiger partial charge in [-0.15, -0.1) is 0 Å². The van der Waals surface area contributed by atoms with E-state index in [1.807, 2.05) is 30.3 Å². The van der Waals surface area contributed by atoms with Crippen molar-refractivity contribution in [1.29, 1.82) is 0 Å². The van der Waals surface area contributed by atoms with Gasteiger partial charge in [0.1, 0.15) is 0 Å². The molecular formula is C18H20ClNO3S. The summed E-state index contributed by atoms with van der Waals surface area (Å²) in [6, 6.07) is 17.0. The summed E-state index contributed by atoms with van der Waals surface area (Å²) in [6.45, 7) is 1.18. The van der Waals surface area contributed by atoms with E-state index in [0.29, 0.717) is 36.7 Å². The summed E-state index contributed by atoms with van der Waals surface area (Å²) in [4.78, 5) is 0. The summed E-state index contributed by atoms with van der Waals surface area (Å²) in [5.41, 5.74) is 1.78. The van der Waals surface area contributed by atoms with E-state index < -0.39 is 10.0 Å². The number of halogens is 1. The molecule has 0 spiro atoms. The molecule has 0 N–H and O–H groups in total. The molecule has 0 radical (unpaired) electrons. The molecule has 1 aliphatic heterocycles. The summed E-state index contributed by atoms with van der Waals surface area (Å²) in [5, 5.41) is 0.482. The average molecular weight is 366 g/mol. The van der Waals surface area contributed by atoms with Gasteiger partial charge in [0.25, 0.3) is 0 Å². The Morgan fingerprint density at radius 1 is 1.08 bits per heavy atom. The number of sulfonamides is 1. The van der Waals surface area contributed by atoms with Gasteiger partial charge in [-0.2, -0.15) is 4.31 Å². The average Bonchev–Trinajstić information content (AvgIpc) is 2.58. The lowest BCUT2D eigenvalue weighted by Gasteiger charge is -2.32. The van der Waals surface area contributed by atoms with E-state index in [1.165, 1.54) is 4.31 Å². The van der Waals surface area contributed by atoms with E-state index >= 15 is 0 Å². The lowest BCUT2D eigenvalue weighted by Crippen LogP contribution is -2.46. The van der Waals surface area contributed by atoms with E-state index in [4.69, 9.17) is 16.3 Å². The van der Waals surface area contributed by atoms with Gasteiger partial charge in [-0.05, 0) is 23.6 Å². The Bertz CT molecular complexity index is 780. The zero-order valence-corrected chi connectivity index (χ0v) is 14.8. The molecular weight excluding hydrogens is 346 g/mol. The predicted molar refractivity (Wildman–Crippen MR) is 95.5 cm³/mol. The van der Waals surface area contributed by atoms with Gasteiger partial charge in [0.2, 0.25) is 10.0 Å². The molecule has 0 aromatic heterocycles. The molecule has 0 saturated carbocycles. The van der Waals surface area contributed by atoms with Crippen LogP contribution < -0.4 is 0 Å². The fourth-order valence-corrected chi connectivity index (χ4v) is 4.70. The molecule has 0 bridgehead atoms. The first kappa shape index (κ1) is 17.4. The highest BCUT2D eigenvalue weighted by atomic mass is 35.5. The number of rotatable bonds is 5. The molecule has 1 fully saturated rings. The van der Waals surface area contributed by atoms with Crippen LogP contribution in [0.15, 0.2) is 54.6 Å². The minimum Gasteiger partial charge on any atom is -0.375 e. The van der Waals surface area contributed by atoms with Crippen molar-refractivity contribution in [3.63, 3.8) is 0 Å². The Labute approximate surface area is 148 Å². The van der Waals surface area contributed by atoms with Crippen LogP contribution >= 0.6 is 11.6 Å². The minimum atomic E-state index is -3.42. The van der Waals surface area contributed by atoms with Crippen LogP contribution in [0.5, 0.6) is 0 Å². The third-order valence-corrected chi connectivity index (χ3v) is 6.26. The molecule has 1 saturated heterocycles. The Balaban J connectivity index is 1.68. The zero-order valence-electron chi connectivity index (χ0n) is 13.3. The second-order valence-electron chi connectivity index (χ2n) is 5.89. The highest BCUT2D eigenvalue weighted by Crippen LogP contribution is 2.21. The lowest BCUT2D eigenvalue weighted by atomic mass is 10.1. The van der Waals surface area contributed by atoms with Crippen molar-refractivity contribution in [2.45, 2.75) is 18.3 Å². The molecule has 1 heterocycles. The highest BCUT2D eigenvalue weighted by Gasteiger charge is 2.30. The van der Waals surface area contributed by atoms with E-state index in [-0.39, 0.29) is 11.9 Å². The van der Waals surface area contributed by atoms with Crippen molar-refractivity contribution in [3.05, 3.63) is 70.7 Å². The molecule has 2 aromatic rings. The van der Waals surface area contributed by atoms with Crippen LogP contribution in [-0.2, 0) is 26.9 Å². The van der Waals surface area contributed by atoms with Crippen molar-refractivity contribution in [3.8, 4) is 0 Å². The minimum absolute atomic E-state index is 0.0786. The molecule has 3 rings (SSSR count). The normalized spacial score (nSPS) is 19.3. The second kappa shape index (κ2) is 7.66. The van der Waals surface area contributed by atoms with Gasteiger partial charge in [-0.1, -0.05) is 60.1 Å². The smallest absolute Gasteiger partial charge is 0.218 e. The summed E-state index contributed by atoms with van der Waals surface area (Å²) in [5.74, 6) is -0.0786. The van der Waals surface area contributed by atoms with Crippen LogP contribution in [0.3, 0.4) is 0 Å². The first-order chi connectivity index (χ1) is 11.5. The van der Waals surface area contributed by atoms with Gasteiger partial charge in [0.15, 0.2) is 0 Å². The number of nitrogens with zero attached hydrogens (tertiary/aromatic N) is 1. The molecule has 1 atom stereocenters. The van der Waals surface area contributed by atoms with Gasteiger partial charge in [-0.25, -0.2) is 8.42 Å². The van der Waals surface area contributed by atoms with Crippen molar-refractivity contribution in [2.24, 2.45) is 0 Å². The maximum absolute atomic E-state index is 12.7. The van der Waals surface area contributed by atoms with Gasteiger partial charge < -0.3 is 4.74 Å². The van der Waals surface area contributed by atoms with Crippen LogP contribution in [0.1, 0.15) is 11.1 Å². The molecule has 24 heavy (non-hydrogen) atoms. The molecule has 2 aromatic carbocycles. The highest BCUT2D eigenvalue weighted by molar-refractivity contribution is 7.88. The number of benzene rings is 2. The predicted octanol–water partition coefficient (Wildman–Crippen LogP) is 3.11. The van der Waals surface area contributed by atoms with E-state index in [2.05, 4.69) is 0 Å². The standard InChI is InChI=1S/C18H20ClNO3S/c19-18-9-5-4-8-16(18)14-24(21,22)20-10-11-23-17(13-20)12-15-6-2-1-3-7-15/h1-9,17H,10-14H2. The van der Waals surface area contributed by atoms with Gasteiger partial charge >= 0.3 is 0 Å². The fourth-order valence-electron chi connectivity index (χ4n) is 2.85. The van der Waals surface area contributed by atoms with Crippen molar-refractivity contribution in [1.82, 2.24) is 4.31 Å². The maximum Gasteiger partial charge on any atom is 0.218 e. The van der Waals surface area contributed by atoms with Crippen molar-refractivity contribution < 1.29 is 13.2 Å². The van der Waals surface area contributed by atoms with Crippen molar-refractivity contribution in [2.75, 3.05) is 19.7 Å². The molecule has 6 heteroatoms. The molecule has 4 nitrogen and oxygen atoms in total. The molecule has 0 amide bonds. The zero-order chi connectivity index (χ0) is 17.0. The fraction of sp³-hybridized carbons (Fsp3) is 0.333. The monoisotopic (exact) mass is 365 g/mol. The summed E-state index contributed by atoms with van der Waals surface area (Å²) in [7, 11) is -3.42. The van der Waals surface area contributed by atoms with Crippen LogP contribution in [0.2, 0.25) is 5.02 Å². The molecule has 0 aliphatic carbocycles. The molecule has 128 valence electrons. The first-order valence-corrected chi connectivity index (χ1v) is 9.90. The summed E-state index contributed by atoms with van der Waals surface area (Å²) >= 11 is 6.10. The van der Waals surface area contributed by atoms with E-state index in [1.54, 1.807) is 24.3 Å². The number of morpholine rings is 1. The molecule has 1 aliphatic rings. The first-order valence-electron chi connectivity index (χ1n) is 7.91. The van der Waals surface area contributed by atoms with Crippen molar-refractivity contribution >= 4 is 21.6 Å². The third-order valence-electron chi connectivity index (χ3n) is 4.10. The topological polar surface area (TPSA) is 46.6 Å². The quantitative estimate of drug-likeness (QED) is 0.817. The van der Waals surface area contributed by atoms with Crippen LogP contribution in [0.4, 0.5) is 0 Å². The SMILES string of the molecule is O=S(=O)(Cc1ccccc1Cl)N1CCOC(Cc2ccccc2)C1. The Morgan fingerprint density at radius 3 is 2.54 bits per heavy atom. The Hall–Kier alpha value is -1.40. The maximum atomic E-state index is 12.7. The Kier molecular flexibility index (Phi) is 5.56. The molecule has 1 unspecified atom stereocenters. The third kappa shape index (κ3) is 4.36.